The van der Waals surface area contributed by atoms with E-state index in [0.717, 1.165) is 73.0 Å². The molecule has 3 aromatic rings. The number of benzene rings is 3. The first-order chi connectivity index (χ1) is 40.4. The molecule has 13 nitrogen and oxygen atoms in total. The van der Waals surface area contributed by atoms with Crippen LogP contribution in [0.3, 0.4) is 0 Å². The van der Waals surface area contributed by atoms with Gasteiger partial charge < -0.3 is 57.8 Å². The Bertz CT molecular complexity index is 2720. The van der Waals surface area contributed by atoms with Gasteiger partial charge in [-0.2, -0.15) is 0 Å². The molecule has 9 aliphatic rings. The normalized spacial score (nSPS) is 45.4. The molecule has 4 aliphatic heterocycles. The van der Waals surface area contributed by atoms with E-state index < -0.39 is 73.2 Å². The van der Waals surface area contributed by atoms with Crippen molar-refractivity contribution < 1.29 is 56.9 Å². The van der Waals surface area contributed by atoms with Crippen LogP contribution in [0.2, 0.25) is 0 Å². The summed E-state index contributed by atoms with van der Waals surface area (Å²) in [4.78, 5) is 15.9. The van der Waals surface area contributed by atoms with Crippen LogP contribution in [0.15, 0.2) is 103 Å². The average Bonchev–Trinajstić information content (AvgIpc) is 0.847. The second-order valence-corrected chi connectivity index (χ2v) is 28.5. The SMILES string of the molecule is CC1C(OCc2ccccc2)[C@H](OCc2ccccc2)CO[C@H]1O[C@H]1C(C)O[C@@H](OC2C(C)[C@@H](N)C(COCc3ccccc3)O[C@H]2OC(=O)[C@]23CC[C@@H](C)CC2C2=CCC4C5(C)CC[C@H](C)C(C)[C@@H]5CC[C@]4(C)[C@]2(C)CC3)C2O[C@H](C)OC21. The van der Waals surface area contributed by atoms with E-state index in [9.17, 15) is 0 Å². The summed E-state index contributed by atoms with van der Waals surface area (Å²) in [5.74, 6) is 2.69. The predicted molar refractivity (Wildman–Crippen MR) is 319 cm³/mol. The molecule has 0 radical (unpaired) electrons. The number of hydrogen-bond donors (Lipinski definition) is 1. The monoisotopic (exact) mass is 1160 g/mol. The Labute approximate surface area is 501 Å². The summed E-state index contributed by atoms with van der Waals surface area (Å²) in [6.07, 6.45) is 5.53. The lowest BCUT2D eigenvalue weighted by Crippen LogP contribution is -2.65. The molecule has 0 spiro atoms. The van der Waals surface area contributed by atoms with E-state index in [1.165, 1.54) is 31.3 Å². The van der Waals surface area contributed by atoms with Gasteiger partial charge in [0.25, 0.3) is 0 Å². The van der Waals surface area contributed by atoms with Gasteiger partial charge in [0, 0.05) is 17.9 Å². The van der Waals surface area contributed by atoms with Gasteiger partial charge in [0.2, 0.25) is 6.29 Å². The molecule has 13 heteroatoms. The van der Waals surface area contributed by atoms with Crippen molar-refractivity contribution in [2.75, 3.05) is 13.2 Å². The van der Waals surface area contributed by atoms with Crippen LogP contribution < -0.4 is 5.73 Å². The molecular weight excluding hydrogens is 1060 g/mol. The Kier molecular flexibility index (Phi) is 17.9. The number of carbonyl (C=O) groups is 1. The van der Waals surface area contributed by atoms with E-state index in [4.69, 9.17) is 57.8 Å². The van der Waals surface area contributed by atoms with Crippen LogP contribution in [0, 0.1) is 69.0 Å². The lowest BCUT2D eigenvalue weighted by atomic mass is 9.34. The van der Waals surface area contributed by atoms with Crippen molar-refractivity contribution in [1.82, 2.24) is 0 Å². The van der Waals surface area contributed by atoms with Crippen molar-refractivity contribution in [1.29, 1.82) is 0 Å². The smallest absolute Gasteiger partial charge is 0.315 e. The van der Waals surface area contributed by atoms with E-state index in [0.29, 0.717) is 37.1 Å². The molecule has 4 saturated heterocycles. The maximum absolute atomic E-state index is 15.9. The molecule has 5 aliphatic carbocycles. The summed E-state index contributed by atoms with van der Waals surface area (Å²) in [7, 11) is 0. The van der Waals surface area contributed by atoms with Crippen LogP contribution in [0.1, 0.15) is 150 Å². The number of rotatable bonds is 16. The molecule has 0 amide bonds. The molecule has 8 fully saturated rings. The summed E-state index contributed by atoms with van der Waals surface area (Å²) in [6.45, 7) is 25.0. The fraction of sp³-hybridized carbons (Fsp3) is 0.704. The Morgan fingerprint density at radius 1 is 0.631 bits per heavy atom. The van der Waals surface area contributed by atoms with Gasteiger partial charge in [-0.15, -0.1) is 0 Å². The van der Waals surface area contributed by atoms with Crippen molar-refractivity contribution in [2.24, 2.45) is 74.7 Å². The van der Waals surface area contributed by atoms with Crippen LogP contribution in [0.5, 0.6) is 0 Å². The van der Waals surface area contributed by atoms with Gasteiger partial charge in [0.05, 0.1) is 50.7 Å². The zero-order valence-corrected chi connectivity index (χ0v) is 51.9. The highest BCUT2D eigenvalue weighted by Crippen LogP contribution is 2.75. The lowest BCUT2D eigenvalue weighted by molar-refractivity contribution is -0.353. The lowest BCUT2D eigenvalue weighted by Gasteiger charge is -2.70. The minimum atomic E-state index is -1.11. The third-order valence-electron chi connectivity index (χ3n) is 23.9. The van der Waals surface area contributed by atoms with E-state index >= 15 is 4.79 Å². The first-order valence-corrected chi connectivity index (χ1v) is 32.5. The second-order valence-electron chi connectivity index (χ2n) is 28.5. The van der Waals surface area contributed by atoms with Crippen LogP contribution in [0.4, 0.5) is 0 Å². The maximum Gasteiger partial charge on any atom is 0.315 e. The summed E-state index contributed by atoms with van der Waals surface area (Å²) in [5, 5.41) is 0. The van der Waals surface area contributed by atoms with Crippen molar-refractivity contribution in [3.8, 4) is 0 Å². The predicted octanol–water partition coefficient (Wildman–Crippen LogP) is 12.9. The number of fused-ring (bicyclic) bond motifs is 8. The highest BCUT2D eigenvalue weighted by Gasteiger charge is 2.68. The van der Waals surface area contributed by atoms with Gasteiger partial charge in [-0.05, 0) is 146 Å². The van der Waals surface area contributed by atoms with Crippen LogP contribution in [-0.4, -0.2) is 99.2 Å². The standard InChI is InChI=1S/C71H99NO12/c1-42-28-33-71(35-34-69(9)53(54(71)36-42)26-27-57-68(8)31-29-43(2)44(3)52(68)30-32-70(57,69)10)67(73)84-65-60(45(4)58(72)55(81-65)40-74-37-49-20-14-11-15-21-49)82-66-63-62(79-48(7)80-63)61(47(6)78-66)83-64-46(5)59(76-39-51-24-18-13-19-25-51)56(41-77-64)75-38-50-22-16-12-17-23-50/h11-26,42-48,52,54-66H,27-41,72H2,1-10H3/t42-,43+,44?,45?,46?,47?,48-,52+,54?,55?,56-,57?,58-,59?,60?,61+,62?,63?,64+,65+,66+,68?,69-,70+,71+/m1/s1. The Morgan fingerprint density at radius 2 is 1.29 bits per heavy atom. The summed E-state index contributed by atoms with van der Waals surface area (Å²) in [6, 6.07) is 29.9. The van der Waals surface area contributed by atoms with Gasteiger partial charge in [0.1, 0.15) is 36.6 Å². The van der Waals surface area contributed by atoms with E-state index in [1.807, 2.05) is 80.6 Å². The number of nitrogens with two attached hydrogens (primary N) is 1. The van der Waals surface area contributed by atoms with Gasteiger partial charge in [-0.1, -0.05) is 158 Å². The molecule has 25 atom stereocenters. The second kappa shape index (κ2) is 24.8. The van der Waals surface area contributed by atoms with Crippen molar-refractivity contribution in [3.05, 3.63) is 119 Å². The largest absolute Gasteiger partial charge is 0.432 e. The molecule has 12 rings (SSSR count). The summed E-state index contributed by atoms with van der Waals surface area (Å²) < 4.78 is 74.6. The molecule has 3 aromatic carbocycles. The third-order valence-corrected chi connectivity index (χ3v) is 23.9. The van der Waals surface area contributed by atoms with Crippen LogP contribution in [-0.2, 0) is 76.7 Å². The minimum Gasteiger partial charge on any atom is -0.432 e. The first kappa shape index (κ1) is 60.7. The molecule has 460 valence electrons. The number of allylic oxidation sites excluding steroid dienone is 2. The average molecular weight is 1160 g/mol. The Morgan fingerprint density at radius 3 is 1.99 bits per heavy atom. The molecule has 12 unspecified atom stereocenters. The molecule has 0 bridgehead atoms. The molecule has 2 N–H and O–H groups in total. The summed E-state index contributed by atoms with van der Waals surface area (Å²) in [5.41, 5.74) is 11.7. The Hall–Kier alpha value is -3.57. The van der Waals surface area contributed by atoms with E-state index in [2.05, 4.69) is 85.7 Å². The molecule has 4 heterocycles. The zero-order chi connectivity index (χ0) is 58.7. The minimum absolute atomic E-state index is 0.0108. The van der Waals surface area contributed by atoms with Crippen LogP contribution >= 0.6 is 0 Å². The number of carbonyl (C=O) groups excluding carboxylic acids is 1. The van der Waals surface area contributed by atoms with Gasteiger partial charge in [-0.3, -0.25) is 4.79 Å². The molecule has 84 heavy (non-hydrogen) atoms. The number of ether oxygens (including phenoxy) is 11. The van der Waals surface area contributed by atoms with Crippen molar-refractivity contribution >= 4 is 5.97 Å². The molecule has 0 aromatic heterocycles. The number of esters is 1. The molecule has 4 saturated carbocycles. The van der Waals surface area contributed by atoms with Gasteiger partial charge in [0.15, 0.2) is 18.9 Å². The fourth-order valence-electron chi connectivity index (χ4n) is 18.3. The van der Waals surface area contributed by atoms with E-state index in [1.54, 1.807) is 0 Å². The maximum atomic E-state index is 15.9. The van der Waals surface area contributed by atoms with E-state index in [-0.39, 0.29) is 60.0 Å². The molecular formula is C71H99NO12. The topological polar surface area (TPSA) is 145 Å². The zero-order valence-electron chi connectivity index (χ0n) is 51.9. The Balaban J connectivity index is 0.787. The van der Waals surface area contributed by atoms with Crippen molar-refractivity contribution in [3.63, 3.8) is 0 Å². The summed E-state index contributed by atoms with van der Waals surface area (Å²) >= 11 is 0. The van der Waals surface area contributed by atoms with Crippen LogP contribution in [0.25, 0.3) is 0 Å². The highest BCUT2D eigenvalue weighted by molar-refractivity contribution is 5.79. The fourth-order valence-corrected chi connectivity index (χ4v) is 18.3. The van der Waals surface area contributed by atoms with Gasteiger partial charge >= 0.3 is 5.97 Å². The van der Waals surface area contributed by atoms with Gasteiger partial charge in [-0.25, -0.2) is 0 Å². The quantitative estimate of drug-likeness (QED) is 0.107. The first-order valence-electron chi connectivity index (χ1n) is 32.5. The third kappa shape index (κ3) is 11.3. The number of hydrogen-bond acceptors (Lipinski definition) is 13. The highest BCUT2D eigenvalue weighted by atomic mass is 16.8. The van der Waals surface area contributed by atoms with Crippen molar-refractivity contribution in [2.45, 2.75) is 233 Å².